The molecular weight excluding hydrogens is 394 g/mol. The lowest BCUT2D eigenvalue weighted by Gasteiger charge is -2.15. The van der Waals surface area contributed by atoms with Gasteiger partial charge in [-0.3, -0.25) is 9.69 Å². The number of thioether (sulfide) groups is 1. The predicted molar refractivity (Wildman–Crippen MR) is 103 cm³/mol. The minimum Gasteiger partial charge on any atom is -0.496 e. The highest BCUT2D eigenvalue weighted by Gasteiger charge is 2.34. The molecule has 6 heteroatoms. The van der Waals surface area contributed by atoms with Crippen LogP contribution in [-0.2, 0) is 4.79 Å². The number of anilines is 1. The van der Waals surface area contributed by atoms with E-state index in [1.54, 1.807) is 12.0 Å². The fourth-order valence-electron chi connectivity index (χ4n) is 2.24. The Bertz CT molecular complexity index is 820. The van der Waals surface area contributed by atoms with E-state index in [4.69, 9.17) is 17.0 Å². The minimum atomic E-state index is -0.127. The van der Waals surface area contributed by atoms with E-state index in [0.717, 1.165) is 21.5 Å². The van der Waals surface area contributed by atoms with Crippen molar-refractivity contribution in [3.63, 3.8) is 0 Å². The SMILES string of the molecule is COc1ccccc1C=C1SC(=S)N(c2ccccc2Br)C1=O. The van der Waals surface area contributed by atoms with Crippen LogP contribution < -0.4 is 9.64 Å². The molecule has 2 aromatic carbocycles. The standard InChI is InChI=1S/C17H12BrNO2S2/c1-21-14-9-5-2-6-11(14)10-15-16(20)19(17(22)23-15)13-8-4-3-7-12(13)18/h2-10H,1H3. The second-order valence-electron chi connectivity index (χ2n) is 4.71. The van der Waals surface area contributed by atoms with Crippen LogP contribution in [0.4, 0.5) is 5.69 Å². The van der Waals surface area contributed by atoms with Crippen LogP contribution in [0.1, 0.15) is 5.56 Å². The van der Waals surface area contributed by atoms with Crippen LogP contribution in [0.3, 0.4) is 0 Å². The summed E-state index contributed by atoms with van der Waals surface area (Å²) in [5.41, 5.74) is 1.60. The number of amides is 1. The van der Waals surface area contributed by atoms with Gasteiger partial charge in [0.2, 0.25) is 0 Å². The Hall–Kier alpha value is -1.63. The highest BCUT2D eigenvalue weighted by molar-refractivity contribution is 9.10. The van der Waals surface area contributed by atoms with Crippen molar-refractivity contribution in [3.05, 3.63) is 63.5 Å². The molecule has 2 aromatic rings. The van der Waals surface area contributed by atoms with Crippen LogP contribution in [0.25, 0.3) is 6.08 Å². The second-order valence-corrected chi connectivity index (χ2v) is 7.24. The van der Waals surface area contributed by atoms with Gasteiger partial charge in [0.15, 0.2) is 4.32 Å². The maximum absolute atomic E-state index is 12.8. The third-order valence-electron chi connectivity index (χ3n) is 3.31. The van der Waals surface area contributed by atoms with Gasteiger partial charge in [-0.25, -0.2) is 0 Å². The molecule has 0 N–H and O–H groups in total. The molecule has 1 fully saturated rings. The van der Waals surface area contributed by atoms with Crippen LogP contribution in [0, 0.1) is 0 Å². The van der Waals surface area contributed by atoms with E-state index in [2.05, 4.69) is 15.9 Å². The summed E-state index contributed by atoms with van der Waals surface area (Å²) >= 11 is 10.1. The number of halogens is 1. The Morgan fingerprint density at radius 3 is 2.61 bits per heavy atom. The fourth-order valence-corrected chi connectivity index (χ4v) is 3.97. The van der Waals surface area contributed by atoms with Crippen LogP contribution in [0.15, 0.2) is 57.9 Å². The number of para-hydroxylation sites is 2. The molecule has 1 amide bonds. The topological polar surface area (TPSA) is 29.5 Å². The lowest BCUT2D eigenvalue weighted by Crippen LogP contribution is -2.27. The van der Waals surface area contributed by atoms with Crippen molar-refractivity contribution in [1.29, 1.82) is 0 Å². The zero-order chi connectivity index (χ0) is 16.4. The van der Waals surface area contributed by atoms with E-state index in [0.29, 0.717) is 9.23 Å². The summed E-state index contributed by atoms with van der Waals surface area (Å²) in [4.78, 5) is 14.9. The third kappa shape index (κ3) is 3.20. The molecule has 0 bridgehead atoms. The van der Waals surface area contributed by atoms with Gasteiger partial charge < -0.3 is 4.74 Å². The molecule has 3 nitrogen and oxygen atoms in total. The number of benzene rings is 2. The number of thiocarbonyl (C=S) groups is 1. The maximum Gasteiger partial charge on any atom is 0.270 e. The highest BCUT2D eigenvalue weighted by Crippen LogP contribution is 2.39. The molecule has 1 saturated heterocycles. The third-order valence-corrected chi connectivity index (χ3v) is 5.29. The van der Waals surface area contributed by atoms with Crippen molar-refractivity contribution in [2.75, 3.05) is 12.0 Å². The largest absolute Gasteiger partial charge is 0.496 e. The quantitative estimate of drug-likeness (QED) is 0.538. The maximum atomic E-state index is 12.8. The molecule has 1 aliphatic heterocycles. The number of hydrogen-bond acceptors (Lipinski definition) is 4. The number of methoxy groups -OCH3 is 1. The fraction of sp³-hybridized carbons (Fsp3) is 0.0588. The number of nitrogens with zero attached hydrogens (tertiary/aromatic N) is 1. The van der Waals surface area contributed by atoms with Gasteiger partial charge in [-0.05, 0) is 40.2 Å². The summed E-state index contributed by atoms with van der Waals surface area (Å²) < 4.78 is 6.67. The molecule has 0 aliphatic carbocycles. The van der Waals surface area contributed by atoms with Crippen molar-refractivity contribution < 1.29 is 9.53 Å². The molecule has 0 unspecified atom stereocenters. The average Bonchev–Trinajstić information content (AvgIpc) is 2.83. The molecule has 0 atom stereocenters. The van der Waals surface area contributed by atoms with Crippen LogP contribution >= 0.6 is 39.9 Å². The lowest BCUT2D eigenvalue weighted by atomic mass is 10.2. The molecule has 0 aromatic heterocycles. The number of carbonyl (C=O) groups is 1. The van der Waals surface area contributed by atoms with Gasteiger partial charge in [0.05, 0.1) is 17.7 Å². The van der Waals surface area contributed by atoms with Gasteiger partial charge in [-0.1, -0.05) is 54.3 Å². The summed E-state index contributed by atoms with van der Waals surface area (Å²) in [7, 11) is 1.61. The van der Waals surface area contributed by atoms with Gasteiger partial charge in [-0.2, -0.15) is 0 Å². The zero-order valence-corrected chi connectivity index (χ0v) is 15.4. The van der Waals surface area contributed by atoms with Crippen LogP contribution in [0.2, 0.25) is 0 Å². The van der Waals surface area contributed by atoms with Gasteiger partial charge in [0.1, 0.15) is 5.75 Å². The van der Waals surface area contributed by atoms with E-state index >= 15 is 0 Å². The minimum absolute atomic E-state index is 0.127. The van der Waals surface area contributed by atoms with Gasteiger partial charge in [-0.15, -0.1) is 0 Å². The molecule has 0 saturated carbocycles. The van der Waals surface area contributed by atoms with E-state index in [1.165, 1.54) is 11.8 Å². The molecule has 1 heterocycles. The Kier molecular flexibility index (Phi) is 4.84. The van der Waals surface area contributed by atoms with Gasteiger partial charge >= 0.3 is 0 Å². The Balaban J connectivity index is 1.99. The van der Waals surface area contributed by atoms with Crippen LogP contribution in [-0.4, -0.2) is 17.3 Å². The van der Waals surface area contributed by atoms with E-state index in [1.807, 2.05) is 54.6 Å². The number of ether oxygens (including phenoxy) is 1. The molecule has 0 spiro atoms. The number of carbonyl (C=O) groups excluding carboxylic acids is 1. The van der Waals surface area contributed by atoms with E-state index < -0.39 is 0 Å². The van der Waals surface area contributed by atoms with E-state index in [9.17, 15) is 4.79 Å². The first-order chi connectivity index (χ1) is 11.1. The van der Waals surface area contributed by atoms with Crippen molar-refractivity contribution in [2.45, 2.75) is 0 Å². The molecule has 0 radical (unpaired) electrons. The first-order valence-electron chi connectivity index (χ1n) is 6.77. The average molecular weight is 406 g/mol. The lowest BCUT2D eigenvalue weighted by molar-refractivity contribution is -0.113. The summed E-state index contributed by atoms with van der Waals surface area (Å²) in [6.45, 7) is 0. The van der Waals surface area contributed by atoms with Crippen molar-refractivity contribution in [1.82, 2.24) is 0 Å². The Morgan fingerprint density at radius 2 is 1.87 bits per heavy atom. The van der Waals surface area contributed by atoms with E-state index in [-0.39, 0.29) is 5.91 Å². The van der Waals surface area contributed by atoms with Gasteiger partial charge in [0, 0.05) is 10.0 Å². The predicted octanol–water partition coefficient (Wildman–Crippen LogP) is 4.86. The summed E-state index contributed by atoms with van der Waals surface area (Å²) in [6.07, 6.45) is 1.81. The normalized spacial score (nSPS) is 16.3. The Morgan fingerprint density at radius 1 is 1.17 bits per heavy atom. The Labute approximate surface area is 152 Å². The monoisotopic (exact) mass is 405 g/mol. The number of hydrogen-bond donors (Lipinski definition) is 0. The molecule has 23 heavy (non-hydrogen) atoms. The molecule has 116 valence electrons. The summed E-state index contributed by atoms with van der Waals surface area (Å²) in [5.74, 6) is 0.594. The van der Waals surface area contributed by atoms with Crippen molar-refractivity contribution in [3.8, 4) is 5.75 Å². The molecule has 3 rings (SSSR count). The smallest absolute Gasteiger partial charge is 0.270 e. The summed E-state index contributed by atoms with van der Waals surface area (Å²) in [6, 6.07) is 15.1. The van der Waals surface area contributed by atoms with Crippen molar-refractivity contribution >= 4 is 61.9 Å². The first kappa shape index (κ1) is 16.2. The van der Waals surface area contributed by atoms with Gasteiger partial charge in [0.25, 0.3) is 5.91 Å². The van der Waals surface area contributed by atoms with Crippen LogP contribution in [0.5, 0.6) is 5.75 Å². The highest BCUT2D eigenvalue weighted by atomic mass is 79.9. The summed E-state index contributed by atoms with van der Waals surface area (Å²) in [5, 5.41) is 0. The zero-order valence-electron chi connectivity index (χ0n) is 12.2. The van der Waals surface area contributed by atoms with Crippen molar-refractivity contribution in [2.24, 2.45) is 0 Å². The number of rotatable bonds is 3. The second kappa shape index (κ2) is 6.86. The molecular formula is C17H12BrNO2S2. The molecule has 1 aliphatic rings. The first-order valence-corrected chi connectivity index (χ1v) is 8.79.